The fourth-order valence-corrected chi connectivity index (χ4v) is 0.757. The first kappa shape index (κ1) is 13.7. The van der Waals surface area contributed by atoms with Gasteiger partial charge in [-0.15, -0.1) is 0 Å². The van der Waals surface area contributed by atoms with E-state index in [9.17, 15) is 0 Å². The summed E-state index contributed by atoms with van der Waals surface area (Å²) >= 11 is 0. The first-order valence-corrected chi connectivity index (χ1v) is 3.11. The normalized spacial score (nSPS) is 10.7. The maximum atomic E-state index is 5.61. The van der Waals surface area contributed by atoms with Crippen LogP contribution in [-0.4, -0.2) is 5.48 Å². The van der Waals surface area contributed by atoms with E-state index in [1.54, 1.807) is 0 Å². The minimum atomic E-state index is 0. The molecule has 11 heavy (non-hydrogen) atoms. The molecule has 0 fully saturated rings. The maximum absolute atomic E-state index is 5.61. The van der Waals surface area contributed by atoms with Crippen molar-refractivity contribution >= 4 is 0 Å². The second kappa shape index (κ2) is 6.83. The summed E-state index contributed by atoms with van der Waals surface area (Å²) in [4.78, 5) is 0. The topological polar surface area (TPSA) is 56.0 Å². The van der Waals surface area contributed by atoms with Gasteiger partial charge in [0, 0.05) is 6.04 Å². The molecule has 1 rings (SSSR count). The van der Waals surface area contributed by atoms with Gasteiger partial charge < -0.3 is 11.2 Å². The summed E-state index contributed by atoms with van der Waals surface area (Å²) in [5.41, 5.74) is 6.81. The van der Waals surface area contributed by atoms with Crippen LogP contribution in [0.3, 0.4) is 0 Å². The second-order valence-corrected chi connectivity index (χ2v) is 2.20. The van der Waals surface area contributed by atoms with Gasteiger partial charge in [-0.25, -0.2) is 0 Å². The van der Waals surface area contributed by atoms with E-state index in [-0.39, 0.29) is 41.1 Å². The summed E-state index contributed by atoms with van der Waals surface area (Å²) in [6.07, 6.45) is 0. The molecule has 0 aliphatic rings. The van der Waals surface area contributed by atoms with E-state index in [1.807, 2.05) is 37.3 Å². The third-order valence-corrected chi connectivity index (χ3v) is 1.33. The molecule has 1 atom stereocenters. The smallest absolute Gasteiger partial charge is 0.870 e. The molecule has 56 valence electrons. The third-order valence-electron chi connectivity index (χ3n) is 1.33. The van der Waals surface area contributed by atoms with Crippen molar-refractivity contribution in [3.05, 3.63) is 35.9 Å². The second-order valence-electron chi connectivity index (χ2n) is 2.20. The fraction of sp³-hybridized carbons (Fsp3) is 0.250. The number of benzene rings is 1. The van der Waals surface area contributed by atoms with Crippen molar-refractivity contribution < 1.29 is 35.0 Å². The Morgan fingerprint density at radius 2 is 1.64 bits per heavy atom. The van der Waals surface area contributed by atoms with Crippen LogP contribution >= 0.6 is 0 Å². The van der Waals surface area contributed by atoms with Gasteiger partial charge in [-0.2, -0.15) is 0 Å². The fourth-order valence-electron chi connectivity index (χ4n) is 0.757. The largest absolute Gasteiger partial charge is 1.00 e. The van der Waals surface area contributed by atoms with E-state index in [0.717, 1.165) is 0 Å². The molecule has 0 aliphatic carbocycles. The van der Waals surface area contributed by atoms with Crippen LogP contribution in [0.5, 0.6) is 0 Å². The SMILES string of the molecule is CC(N)c1ccccc1.[Na+].[OH-]. The molecule has 3 heteroatoms. The molecular weight excluding hydrogens is 149 g/mol. The van der Waals surface area contributed by atoms with Crippen LogP contribution < -0.4 is 35.3 Å². The molecule has 0 radical (unpaired) electrons. The molecule has 0 bridgehead atoms. The monoisotopic (exact) mass is 161 g/mol. The Balaban J connectivity index is 0. The van der Waals surface area contributed by atoms with Gasteiger partial charge in [-0.3, -0.25) is 0 Å². The van der Waals surface area contributed by atoms with Crippen molar-refractivity contribution in [3.8, 4) is 0 Å². The minimum absolute atomic E-state index is 0. The average molecular weight is 161 g/mol. The molecule has 0 aliphatic heterocycles. The summed E-state index contributed by atoms with van der Waals surface area (Å²) in [6.45, 7) is 1.98. The van der Waals surface area contributed by atoms with Crippen molar-refractivity contribution in [1.82, 2.24) is 0 Å². The molecular formula is C8H12NNaO. The van der Waals surface area contributed by atoms with Crippen molar-refractivity contribution in [2.45, 2.75) is 13.0 Å². The van der Waals surface area contributed by atoms with Crippen LogP contribution in [0.25, 0.3) is 0 Å². The molecule has 0 spiro atoms. The quantitative estimate of drug-likeness (QED) is 0.511. The predicted octanol–water partition coefficient (Wildman–Crippen LogP) is -1.47. The summed E-state index contributed by atoms with van der Waals surface area (Å²) < 4.78 is 0. The van der Waals surface area contributed by atoms with Crippen LogP contribution in [0.1, 0.15) is 18.5 Å². The van der Waals surface area contributed by atoms with Gasteiger partial charge in [0.25, 0.3) is 0 Å². The van der Waals surface area contributed by atoms with Gasteiger partial charge in [0.05, 0.1) is 0 Å². The van der Waals surface area contributed by atoms with Crippen LogP contribution in [0.2, 0.25) is 0 Å². The number of hydrogen-bond acceptors (Lipinski definition) is 2. The van der Waals surface area contributed by atoms with Crippen molar-refractivity contribution in [3.63, 3.8) is 0 Å². The summed E-state index contributed by atoms with van der Waals surface area (Å²) in [7, 11) is 0. The van der Waals surface area contributed by atoms with Gasteiger partial charge in [-0.1, -0.05) is 30.3 Å². The third kappa shape index (κ3) is 4.56. The molecule has 1 aromatic rings. The minimum Gasteiger partial charge on any atom is -0.870 e. The number of hydrogen-bond donors (Lipinski definition) is 1. The predicted molar refractivity (Wildman–Crippen MR) is 41.0 cm³/mol. The Labute approximate surface area is 89.4 Å². The van der Waals surface area contributed by atoms with E-state index >= 15 is 0 Å². The summed E-state index contributed by atoms with van der Waals surface area (Å²) in [5.74, 6) is 0. The van der Waals surface area contributed by atoms with Gasteiger partial charge in [0.2, 0.25) is 0 Å². The molecule has 0 amide bonds. The molecule has 1 aromatic carbocycles. The van der Waals surface area contributed by atoms with E-state index in [1.165, 1.54) is 5.56 Å². The molecule has 0 saturated carbocycles. The Hall–Kier alpha value is 0.140. The van der Waals surface area contributed by atoms with Crippen LogP contribution in [0.4, 0.5) is 0 Å². The van der Waals surface area contributed by atoms with Crippen molar-refractivity contribution in [2.24, 2.45) is 5.73 Å². The van der Waals surface area contributed by atoms with Crippen LogP contribution in [0, 0.1) is 0 Å². The van der Waals surface area contributed by atoms with Gasteiger partial charge in [0.15, 0.2) is 0 Å². The molecule has 3 N–H and O–H groups in total. The van der Waals surface area contributed by atoms with E-state index in [4.69, 9.17) is 5.73 Å². The van der Waals surface area contributed by atoms with Gasteiger partial charge in [0.1, 0.15) is 0 Å². The zero-order valence-corrected chi connectivity index (χ0v) is 8.99. The number of nitrogens with two attached hydrogens (primary N) is 1. The summed E-state index contributed by atoms with van der Waals surface area (Å²) in [5, 5.41) is 0. The molecule has 2 nitrogen and oxygen atoms in total. The molecule has 0 aromatic heterocycles. The summed E-state index contributed by atoms with van der Waals surface area (Å²) in [6, 6.07) is 10.2. The Kier molecular flexibility index (Phi) is 8.51. The van der Waals surface area contributed by atoms with E-state index < -0.39 is 0 Å². The van der Waals surface area contributed by atoms with Crippen LogP contribution in [0.15, 0.2) is 30.3 Å². The first-order valence-electron chi connectivity index (χ1n) is 3.11. The van der Waals surface area contributed by atoms with Crippen molar-refractivity contribution in [1.29, 1.82) is 0 Å². The number of rotatable bonds is 1. The van der Waals surface area contributed by atoms with Gasteiger partial charge >= 0.3 is 29.6 Å². The van der Waals surface area contributed by atoms with E-state index in [2.05, 4.69) is 0 Å². The molecule has 0 heterocycles. The Bertz CT molecular complexity index is 177. The molecule has 0 saturated heterocycles. The average Bonchev–Trinajstić information content (AvgIpc) is 1.90. The van der Waals surface area contributed by atoms with Crippen LogP contribution in [-0.2, 0) is 0 Å². The first-order chi connectivity index (χ1) is 4.30. The van der Waals surface area contributed by atoms with Gasteiger partial charge in [-0.05, 0) is 12.5 Å². The zero-order chi connectivity index (χ0) is 6.69. The maximum Gasteiger partial charge on any atom is 1.00 e. The Morgan fingerprint density at radius 3 is 1.91 bits per heavy atom. The Morgan fingerprint density at radius 1 is 1.18 bits per heavy atom. The van der Waals surface area contributed by atoms with Crippen molar-refractivity contribution in [2.75, 3.05) is 0 Å². The molecule has 1 unspecified atom stereocenters. The zero-order valence-electron chi connectivity index (χ0n) is 6.99. The standard InChI is InChI=1S/C8H11N.Na.H2O/c1-7(9)8-5-3-2-4-6-8;;/h2-7H,9H2,1H3;;1H2/q;+1;/p-1. The van der Waals surface area contributed by atoms with E-state index in [0.29, 0.717) is 0 Å².